The molecule has 0 saturated heterocycles. The fourth-order valence-electron chi connectivity index (χ4n) is 1.66. The lowest BCUT2D eigenvalue weighted by atomic mass is 10.2. The van der Waals surface area contributed by atoms with Gasteiger partial charge in [-0.2, -0.15) is 5.10 Å². The number of hydrogen-bond acceptors (Lipinski definition) is 2. The lowest BCUT2D eigenvalue weighted by molar-refractivity contribution is 0.791. The average Bonchev–Trinajstić information content (AvgIpc) is 2.48. The molecule has 3 nitrogen and oxygen atoms in total. The van der Waals surface area contributed by atoms with Crippen LogP contribution in [0.5, 0.6) is 0 Å². The van der Waals surface area contributed by atoms with E-state index in [-0.39, 0.29) is 0 Å². The molecule has 3 heteroatoms. The Balaban J connectivity index is 2.79. The van der Waals surface area contributed by atoms with Gasteiger partial charge in [0.1, 0.15) is 0 Å². The van der Waals surface area contributed by atoms with Gasteiger partial charge in [-0.1, -0.05) is 6.92 Å². The summed E-state index contributed by atoms with van der Waals surface area (Å²) in [7, 11) is 1.95. The highest BCUT2D eigenvalue weighted by molar-refractivity contribution is 5.80. The highest BCUT2D eigenvalue weighted by Crippen LogP contribution is 2.16. The molecule has 2 aromatic rings. The number of aromatic nitrogens is 3. The van der Waals surface area contributed by atoms with Crippen LogP contribution in [0.2, 0.25) is 0 Å². The van der Waals surface area contributed by atoms with Gasteiger partial charge in [0.05, 0.1) is 17.4 Å². The molecule has 0 aliphatic rings. The summed E-state index contributed by atoms with van der Waals surface area (Å²) in [5.41, 5.74) is 3.34. The molecule has 0 radical (unpaired) electrons. The zero-order valence-electron chi connectivity index (χ0n) is 8.20. The Morgan fingerprint density at radius 2 is 2.23 bits per heavy atom. The highest BCUT2D eigenvalue weighted by atomic mass is 15.3. The van der Waals surface area contributed by atoms with Crippen molar-refractivity contribution in [2.24, 2.45) is 7.05 Å². The fraction of sp³-hybridized carbons (Fsp3) is 0.400. The molecule has 2 rings (SSSR count). The second kappa shape index (κ2) is 2.83. The van der Waals surface area contributed by atoms with Gasteiger partial charge >= 0.3 is 0 Å². The van der Waals surface area contributed by atoms with Crippen LogP contribution in [-0.4, -0.2) is 14.8 Å². The molecule has 0 amide bonds. The predicted octanol–water partition coefficient (Wildman–Crippen LogP) is 1.84. The van der Waals surface area contributed by atoms with Gasteiger partial charge in [-0.3, -0.25) is 9.67 Å². The van der Waals surface area contributed by atoms with E-state index in [4.69, 9.17) is 0 Å². The third kappa shape index (κ3) is 1.20. The summed E-state index contributed by atoms with van der Waals surface area (Å²) in [5.74, 6) is 0. The summed E-state index contributed by atoms with van der Waals surface area (Å²) >= 11 is 0. The van der Waals surface area contributed by atoms with Gasteiger partial charge in [-0.05, 0) is 19.4 Å². The Kier molecular flexibility index (Phi) is 1.79. The molecule has 0 unspecified atom stereocenters. The van der Waals surface area contributed by atoms with E-state index < -0.39 is 0 Å². The standard InChI is InChI=1S/C10H13N3/c1-4-9-5-8-6-11-13(3)10(8)7(2)12-9/h5-6H,4H2,1-3H3. The van der Waals surface area contributed by atoms with Gasteiger partial charge < -0.3 is 0 Å². The van der Waals surface area contributed by atoms with Crippen LogP contribution in [-0.2, 0) is 13.5 Å². The molecule has 2 aromatic heterocycles. The van der Waals surface area contributed by atoms with E-state index in [9.17, 15) is 0 Å². The van der Waals surface area contributed by atoms with E-state index >= 15 is 0 Å². The van der Waals surface area contributed by atoms with Gasteiger partial charge in [-0.15, -0.1) is 0 Å². The number of pyridine rings is 1. The maximum atomic E-state index is 4.49. The van der Waals surface area contributed by atoms with Crippen LogP contribution >= 0.6 is 0 Å². The minimum atomic E-state index is 0.978. The van der Waals surface area contributed by atoms with Crippen LogP contribution in [0.25, 0.3) is 10.9 Å². The van der Waals surface area contributed by atoms with Gasteiger partial charge in [0.25, 0.3) is 0 Å². The molecule has 0 N–H and O–H groups in total. The Morgan fingerprint density at radius 3 is 2.92 bits per heavy atom. The normalized spacial score (nSPS) is 11.0. The van der Waals surface area contributed by atoms with Crippen LogP contribution in [0.4, 0.5) is 0 Å². The number of hydrogen-bond donors (Lipinski definition) is 0. The molecule has 0 spiro atoms. The summed E-state index contributed by atoms with van der Waals surface area (Å²) in [6.07, 6.45) is 2.87. The first-order valence-corrected chi connectivity index (χ1v) is 4.50. The molecule has 2 heterocycles. The average molecular weight is 175 g/mol. The van der Waals surface area contributed by atoms with Gasteiger partial charge in [0, 0.05) is 18.1 Å². The van der Waals surface area contributed by atoms with Crippen LogP contribution in [0.15, 0.2) is 12.3 Å². The molecule has 0 aliphatic heterocycles. The molecule has 0 aliphatic carbocycles. The molecule has 68 valence electrons. The van der Waals surface area contributed by atoms with Crippen molar-refractivity contribution >= 4 is 10.9 Å². The second-order valence-corrected chi connectivity index (χ2v) is 3.26. The zero-order valence-corrected chi connectivity index (χ0v) is 8.20. The van der Waals surface area contributed by atoms with E-state index in [1.165, 1.54) is 5.39 Å². The molecule has 0 bridgehead atoms. The first-order chi connectivity index (χ1) is 6.22. The van der Waals surface area contributed by atoms with Crippen LogP contribution in [0, 0.1) is 6.92 Å². The lowest BCUT2D eigenvalue weighted by Crippen LogP contribution is -1.95. The van der Waals surface area contributed by atoms with Crippen molar-refractivity contribution in [1.29, 1.82) is 0 Å². The number of nitrogens with zero attached hydrogens (tertiary/aromatic N) is 3. The predicted molar refractivity (Wildman–Crippen MR) is 52.6 cm³/mol. The summed E-state index contributed by atoms with van der Waals surface area (Å²) in [6, 6.07) is 2.11. The molecule has 0 aromatic carbocycles. The van der Waals surface area contributed by atoms with E-state index in [0.717, 1.165) is 23.3 Å². The summed E-state index contributed by atoms with van der Waals surface area (Å²) in [4.78, 5) is 4.49. The molecule has 0 atom stereocenters. The summed E-state index contributed by atoms with van der Waals surface area (Å²) < 4.78 is 1.87. The van der Waals surface area contributed by atoms with Crippen molar-refractivity contribution in [3.05, 3.63) is 23.7 Å². The van der Waals surface area contributed by atoms with Crippen molar-refractivity contribution in [2.75, 3.05) is 0 Å². The minimum Gasteiger partial charge on any atom is -0.266 e. The zero-order chi connectivity index (χ0) is 9.42. The largest absolute Gasteiger partial charge is 0.266 e. The Morgan fingerprint density at radius 1 is 1.46 bits per heavy atom. The van der Waals surface area contributed by atoms with Gasteiger partial charge in [0.2, 0.25) is 0 Å². The van der Waals surface area contributed by atoms with E-state index in [2.05, 4.69) is 23.1 Å². The van der Waals surface area contributed by atoms with Crippen molar-refractivity contribution in [3.63, 3.8) is 0 Å². The monoisotopic (exact) mass is 175 g/mol. The van der Waals surface area contributed by atoms with E-state index in [1.54, 1.807) is 0 Å². The van der Waals surface area contributed by atoms with E-state index in [1.807, 2.05) is 24.9 Å². The highest BCUT2D eigenvalue weighted by Gasteiger charge is 2.05. The Labute approximate surface area is 77.4 Å². The van der Waals surface area contributed by atoms with Crippen molar-refractivity contribution in [2.45, 2.75) is 20.3 Å². The summed E-state index contributed by atoms with van der Waals surface area (Å²) in [6.45, 7) is 4.15. The third-order valence-electron chi connectivity index (χ3n) is 2.31. The number of rotatable bonds is 1. The maximum absolute atomic E-state index is 4.49. The van der Waals surface area contributed by atoms with Crippen molar-refractivity contribution < 1.29 is 0 Å². The first-order valence-electron chi connectivity index (χ1n) is 4.50. The fourth-order valence-corrected chi connectivity index (χ4v) is 1.66. The Bertz CT molecular complexity index is 443. The van der Waals surface area contributed by atoms with E-state index in [0.29, 0.717) is 0 Å². The van der Waals surface area contributed by atoms with Crippen LogP contribution < -0.4 is 0 Å². The lowest BCUT2D eigenvalue weighted by Gasteiger charge is -2.01. The molecule has 0 fully saturated rings. The quantitative estimate of drug-likeness (QED) is 0.662. The van der Waals surface area contributed by atoms with Crippen molar-refractivity contribution in [1.82, 2.24) is 14.8 Å². The van der Waals surface area contributed by atoms with Gasteiger partial charge in [-0.25, -0.2) is 0 Å². The maximum Gasteiger partial charge on any atom is 0.0891 e. The SMILES string of the molecule is CCc1cc2cnn(C)c2c(C)n1. The smallest absolute Gasteiger partial charge is 0.0891 e. The minimum absolute atomic E-state index is 0.978. The topological polar surface area (TPSA) is 30.7 Å². The third-order valence-corrected chi connectivity index (χ3v) is 2.31. The van der Waals surface area contributed by atoms with Crippen LogP contribution in [0.1, 0.15) is 18.3 Å². The number of aryl methyl sites for hydroxylation is 3. The molecule has 0 saturated carbocycles. The molecule has 13 heavy (non-hydrogen) atoms. The molecular formula is C10H13N3. The number of fused-ring (bicyclic) bond motifs is 1. The second-order valence-electron chi connectivity index (χ2n) is 3.26. The van der Waals surface area contributed by atoms with Crippen molar-refractivity contribution in [3.8, 4) is 0 Å². The Hall–Kier alpha value is -1.38. The summed E-state index contributed by atoms with van der Waals surface area (Å²) in [5, 5.41) is 5.40. The van der Waals surface area contributed by atoms with Crippen LogP contribution in [0.3, 0.4) is 0 Å². The first kappa shape index (κ1) is 8.23. The van der Waals surface area contributed by atoms with Gasteiger partial charge in [0.15, 0.2) is 0 Å². The molecular weight excluding hydrogens is 162 g/mol.